The maximum atomic E-state index is 13.0. The Morgan fingerprint density at radius 2 is 2.00 bits per heavy atom. The molecule has 1 aromatic carbocycles. The van der Waals surface area contributed by atoms with Gasteiger partial charge in [-0.3, -0.25) is 4.79 Å². The van der Waals surface area contributed by atoms with Gasteiger partial charge in [0.2, 0.25) is 0 Å². The predicted molar refractivity (Wildman–Crippen MR) is 107 cm³/mol. The number of nitrogens with zero attached hydrogens (tertiary/aromatic N) is 3. The first kappa shape index (κ1) is 17.4. The lowest BCUT2D eigenvalue weighted by Crippen LogP contribution is -2.28. The molecular formula is C21H25N3OS. The molecule has 0 N–H and O–H groups in total. The lowest BCUT2D eigenvalue weighted by molar-refractivity contribution is 0.218. The van der Waals surface area contributed by atoms with Gasteiger partial charge in [-0.15, -0.1) is 16.4 Å². The van der Waals surface area contributed by atoms with E-state index in [0.717, 1.165) is 35.9 Å². The molecule has 0 unspecified atom stereocenters. The Labute approximate surface area is 157 Å². The molecule has 4 nitrogen and oxygen atoms in total. The molecule has 3 aromatic rings. The van der Waals surface area contributed by atoms with Gasteiger partial charge >= 0.3 is 0 Å². The Kier molecular flexibility index (Phi) is 4.43. The Bertz CT molecular complexity index is 982. The fourth-order valence-corrected chi connectivity index (χ4v) is 5.13. The van der Waals surface area contributed by atoms with Crippen LogP contribution < -0.4 is 5.56 Å². The summed E-state index contributed by atoms with van der Waals surface area (Å²) in [6.07, 6.45) is 3.98. The fraction of sp³-hybridized carbons (Fsp3) is 0.476. The van der Waals surface area contributed by atoms with E-state index in [1.165, 1.54) is 20.7 Å². The minimum Gasteiger partial charge on any atom is -0.267 e. The second-order valence-electron chi connectivity index (χ2n) is 8.34. The first-order valence-corrected chi connectivity index (χ1v) is 10.2. The number of rotatable bonds is 3. The molecule has 5 heteroatoms. The van der Waals surface area contributed by atoms with E-state index in [2.05, 4.69) is 43.2 Å². The van der Waals surface area contributed by atoms with Gasteiger partial charge in [0.25, 0.3) is 5.56 Å². The normalized spacial score (nSPS) is 17.4. The first-order chi connectivity index (χ1) is 12.4. The van der Waals surface area contributed by atoms with Gasteiger partial charge in [0, 0.05) is 4.88 Å². The minimum absolute atomic E-state index is 0.0256. The highest BCUT2D eigenvalue weighted by Gasteiger charge is 2.31. The van der Waals surface area contributed by atoms with Crippen LogP contribution in [-0.2, 0) is 25.8 Å². The van der Waals surface area contributed by atoms with Crippen molar-refractivity contribution in [3.8, 4) is 0 Å². The molecule has 0 fully saturated rings. The van der Waals surface area contributed by atoms with Crippen LogP contribution in [-0.4, -0.2) is 15.0 Å². The number of fused-ring (bicyclic) bond motifs is 3. The number of hydrogen-bond acceptors (Lipinski definition) is 4. The van der Waals surface area contributed by atoms with Crippen LogP contribution in [0.2, 0.25) is 0 Å². The van der Waals surface area contributed by atoms with Crippen LogP contribution in [0.15, 0.2) is 35.1 Å². The van der Waals surface area contributed by atoms with Crippen LogP contribution in [0.5, 0.6) is 0 Å². The van der Waals surface area contributed by atoms with Crippen LogP contribution in [0.4, 0.5) is 0 Å². The zero-order valence-corrected chi connectivity index (χ0v) is 16.5. The van der Waals surface area contributed by atoms with E-state index in [1.807, 2.05) is 18.2 Å². The molecule has 2 heterocycles. The average molecular weight is 368 g/mol. The van der Waals surface area contributed by atoms with Crippen molar-refractivity contribution in [3.63, 3.8) is 0 Å². The molecule has 1 aliphatic rings. The molecule has 0 saturated heterocycles. The molecule has 26 heavy (non-hydrogen) atoms. The third-order valence-electron chi connectivity index (χ3n) is 5.62. The van der Waals surface area contributed by atoms with E-state index in [1.54, 1.807) is 11.3 Å². The maximum Gasteiger partial charge on any atom is 0.278 e. The zero-order valence-electron chi connectivity index (χ0n) is 15.7. The van der Waals surface area contributed by atoms with Crippen LogP contribution in [0.3, 0.4) is 0 Å². The molecule has 0 bridgehead atoms. The van der Waals surface area contributed by atoms with Crippen molar-refractivity contribution in [2.45, 2.75) is 53.0 Å². The molecule has 136 valence electrons. The number of hydrogen-bond donors (Lipinski definition) is 0. The minimum atomic E-state index is 0.0256. The van der Waals surface area contributed by atoms with Crippen molar-refractivity contribution in [1.82, 2.24) is 15.0 Å². The van der Waals surface area contributed by atoms with Gasteiger partial charge < -0.3 is 0 Å². The second-order valence-corrected chi connectivity index (χ2v) is 9.43. The third-order valence-corrected chi connectivity index (χ3v) is 6.76. The molecule has 0 saturated carbocycles. The first-order valence-electron chi connectivity index (χ1n) is 9.35. The topological polar surface area (TPSA) is 47.8 Å². The van der Waals surface area contributed by atoms with Crippen molar-refractivity contribution >= 4 is 21.6 Å². The zero-order chi connectivity index (χ0) is 18.3. The van der Waals surface area contributed by atoms with Gasteiger partial charge in [-0.25, -0.2) is 4.68 Å². The Balaban J connectivity index is 1.65. The summed E-state index contributed by atoms with van der Waals surface area (Å²) >= 11 is 1.67. The van der Waals surface area contributed by atoms with Crippen LogP contribution >= 0.6 is 11.3 Å². The standard InChI is InChI=1S/C21H25N3OS/c1-21(2,3)15-9-10-16-17(13-15)26-19-18(16)20(25)24(23-22-19)12-11-14-7-5-4-6-8-14/h4-8,15H,9-13H2,1-3H3/t15-/m1/s1. The molecule has 0 aliphatic heterocycles. The lowest BCUT2D eigenvalue weighted by Gasteiger charge is -2.33. The summed E-state index contributed by atoms with van der Waals surface area (Å²) in [6.45, 7) is 7.51. The molecule has 0 amide bonds. The summed E-state index contributed by atoms with van der Waals surface area (Å²) in [5, 5.41) is 9.40. The van der Waals surface area contributed by atoms with Crippen molar-refractivity contribution < 1.29 is 0 Å². The smallest absolute Gasteiger partial charge is 0.267 e. The van der Waals surface area contributed by atoms with E-state index < -0.39 is 0 Å². The molecule has 2 aromatic heterocycles. The molecule has 4 rings (SSSR count). The largest absolute Gasteiger partial charge is 0.278 e. The van der Waals surface area contributed by atoms with Crippen LogP contribution in [0.25, 0.3) is 10.2 Å². The van der Waals surface area contributed by atoms with Gasteiger partial charge in [0.1, 0.15) is 0 Å². The number of aromatic nitrogens is 3. The maximum absolute atomic E-state index is 13.0. The molecule has 0 radical (unpaired) electrons. The Hall–Kier alpha value is -2.01. The van der Waals surface area contributed by atoms with Gasteiger partial charge in [-0.2, -0.15) is 0 Å². The van der Waals surface area contributed by atoms with E-state index in [9.17, 15) is 4.79 Å². The van der Waals surface area contributed by atoms with Crippen molar-refractivity contribution in [3.05, 3.63) is 56.7 Å². The highest BCUT2D eigenvalue weighted by atomic mass is 32.1. The molecule has 0 spiro atoms. The molecular weight excluding hydrogens is 342 g/mol. The van der Waals surface area contributed by atoms with Crippen LogP contribution in [0.1, 0.15) is 43.2 Å². The Morgan fingerprint density at radius 1 is 1.23 bits per heavy atom. The number of thiophene rings is 1. The van der Waals surface area contributed by atoms with Gasteiger partial charge in [-0.1, -0.05) is 56.3 Å². The van der Waals surface area contributed by atoms with E-state index >= 15 is 0 Å². The summed E-state index contributed by atoms with van der Waals surface area (Å²) in [4.78, 5) is 15.2. The number of aryl methyl sites for hydroxylation is 3. The highest BCUT2D eigenvalue weighted by molar-refractivity contribution is 7.18. The van der Waals surface area contributed by atoms with Gasteiger partial charge in [0.05, 0.1) is 11.9 Å². The highest BCUT2D eigenvalue weighted by Crippen LogP contribution is 2.41. The SMILES string of the molecule is CC(C)(C)[C@@H]1CCc2c(sc3nnn(CCc4ccccc4)c(=O)c23)C1. The average Bonchev–Trinajstić information content (AvgIpc) is 3.00. The van der Waals surface area contributed by atoms with Crippen LogP contribution in [0, 0.1) is 11.3 Å². The third kappa shape index (κ3) is 3.20. The summed E-state index contributed by atoms with van der Waals surface area (Å²) in [7, 11) is 0. The summed E-state index contributed by atoms with van der Waals surface area (Å²) in [6, 6.07) is 10.2. The number of benzene rings is 1. The van der Waals surface area contributed by atoms with Crippen molar-refractivity contribution in [2.24, 2.45) is 11.3 Å². The summed E-state index contributed by atoms with van der Waals surface area (Å²) < 4.78 is 1.54. The summed E-state index contributed by atoms with van der Waals surface area (Å²) in [5.41, 5.74) is 2.77. The van der Waals surface area contributed by atoms with Crippen molar-refractivity contribution in [1.29, 1.82) is 0 Å². The Morgan fingerprint density at radius 3 is 2.73 bits per heavy atom. The summed E-state index contributed by atoms with van der Waals surface area (Å²) in [5.74, 6) is 0.663. The van der Waals surface area contributed by atoms with E-state index in [-0.39, 0.29) is 5.56 Å². The van der Waals surface area contributed by atoms with E-state index in [0.29, 0.717) is 17.9 Å². The van der Waals surface area contributed by atoms with Gasteiger partial charge in [0.15, 0.2) is 4.83 Å². The monoisotopic (exact) mass is 367 g/mol. The van der Waals surface area contributed by atoms with E-state index in [4.69, 9.17) is 0 Å². The fourth-order valence-electron chi connectivity index (χ4n) is 3.89. The van der Waals surface area contributed by atoms with Gasteiger partial charge in [-0.05, 0) is 48.1 Å². The quantitative estimate of drug-likeness (QED) is 0.695. The molecule has 1 aliphatic carbocycles. The van der Waals surface area contributed by atoms with Crippen molar-refractivity contribution in [2.75, 3.05) is 0 Å². The molecule has 1 atom stereocenters. The second kappa shape index (κ2) is 6.62. The lowest BCUT2D eigenvalue weighted by atomic mass is 9.72. The predicted octanol–water partition coefficient (Wildman–Crippen LogP) is 4.25.